The van der Waals surface area contributed by atoms with Gasteiger partial charge in [-0.15, -0.1) is 0 Å². The van der Waals surface area contributed by atoms with Crippen LogP contribution in [0, 0.1) is 0 Å². The van der Waals surface area contributed by atoms with Gasteiger partial charge in [-0.25, -0.2) is 0 Å². The average molecular weight is 247 g/mol. The van der Waals surface area contributed by atoms with Crippen molar-refractivity contribution in [3.05, 3.63) is 35.4 Å². The second-order valence-electron chi connectivity index (χ2n) is 5.23. The lowest BCUT2D eigenvalue weighted by atomic mass is 9.84. The molecule has 18 heavy (non-hydrogen) atoms. The molecular formula is C16H25NO. The molecule has 1 aliphatic carbocycles. The number of ether oxygens (including phenoxy) is 1. The minimum absolute atomic E-state index is 0.612. The number of rotatable bonds is 6. The molecule has 1 aromatic carbocycles. The van der Waals surface area contributed by atoms with Crippen LogP contribution in [0.15, 0.2) is 24.3 Å². The van der Waals surface area contributed by atoms with E-state index < -0.39 is 0 Å². The van der Waals surface area contributed by atoms with Crippen molar-refractivity contribution in [1.82, 2.24) is 0 Å². The van der Waals surface area contributed by atoms with Crippen molar-refractivity contribution in [3.8, 4) is 0 Å². The summed E-state index contributed by atoms with van der Waals surface area (Å²) in [5, 5.41) is 0. The zero-order chi connectivity index (χ0) is 12.6. The first-order chi connectivity index (χ1) is 8.90. The third-order valence-corrected chi connectivity index (χ3v) is 3.85. The molecule has 0 bridgehead atoms. The Labute approximate surface area is 111 Å². The van der Waals surface area contributed by atoms with Crippen molar-refractivity contribution in [2.24, 2.45) is 5.73 Å². The average Bonchev–Trinajstić information content (AvgIpc) is 2.45. The molecule has 1 aliphatic rings. The number of nitrogens with two attached hydrogens (primary N) is 1. The van der Waals surface area contributed by atoms with E-state index in [1.54, 1.807) is 0 Å². The van der Waals surface area contributed by atoms with Gasteiger partial charge < -0.3 is 10.5 Å². The predicted molar refractivity (Wildman–Crippen MR) is 75.8 cm³/mol. The first-order valence-corrected chi connectivity index (χ1v) is 7.27. The molecule has 0 unspecified atom stereocenters. The Bertz CT molecular complexity index is 327. The van der Waals surface area contributed by atoms with Crippen molar-refractivity contribution in [2.75, 3.05) is 19.8 Å². The van der Waals surface area contributed by atoms with Crippen LogP contribution in [0.25, 0.3) is 0 Å². The summed E-state index contributed by atoms with van der Waals surface area (Å²) in [6.07, 6.45) is 7.97. The van der Waals surface area contributed by atoms with E-state index in [9.17, 15) is 0 Å². The molecule has 2 N–H and O–H groups in total. The van der Waals surface area contributed by atoms with E-state index in [0.717, 1.165) is 18.9 Å². The fourth-order valence-electron chi connectivity index (χ4n) is 2.77. The predicted octanol–water partition coefficient (Wildman–Crippen LogP) is 3.25. The van der Waals surface area contributed by atoms with E-state index >= 15 is 0 Å². The third kappa shape index (κ3) is 4.11. The monoisotopic (exact) mass is 247 g/mol. The largest absolute Gasteiger partial charge is 0.380 e. The summed E-state index contributed by atoms with van der Waals surface area (Å²) in [6.45, 7) is 2.06. The molecule has 2 rings (SSSR count). The zero-order valence-electron chi connectivity index (χ0n) is 11.2. The van der Waals surface area contributed by atoms with Crippen molar-refractivity contribution in [2.45, 2.75) is 44.4 Å². The number of hydrogen-bond acceptors (Lipinski definition) is 2. The minimum atomic E-state index is 0.612. The summed E-state index contributed by atoms with van der Waals surface area (Å²) < 4.78 is 5.41. The smallest absolute Gasteiger partial charge is 0.0588 e. The van der Waals surface area contributed by atoms with Crippen LogP contribution in [0.3, 0.4) is 0 Å². The molecule has 0 aromatic heterocycles. The zero-order valence-corrected chi connectivity index (χ0v) is 11.2. The van der Waals surface area contributed by atoms with E-state index in [2.05, 4.69) is 24.3 Å². The van der Waals surface area contributed by atoms with Crippen LogP contribution in [0.4, 0.5) is 0 Å². The number of hydrogen-bond donors (Lipinski definition) is 1. The molecule has 100 valence electrons. The highest BCUT2D eigenvalue weighted by Crippen LogP contribution is 2.32. The fourth-order valence-corrected chi connectivity index (χ4v) is 2.77. The van der Waals surface area contributed by atoms with Crippen LogP contribution in [-0.4, -0.2) is 19.8 Å². The second kappa shape index (κ2) is 7.55. The van der Waals surface area contributed by atoms with E-state index in [0.29, 0.717) is 13.2 Å². The van der Waals surface area contributed by atoms with E-state index in [-0.39, 0.29) is 0 Å². The van der Waals surface area contributed by atoms with Gasteiger partial charge in [0.2, 0.25) is 0 Å². The highest BCUT2D eigenvalue weighted by atomic mass is 16.5. The van der Waals surface area contributed by atoms with Gasteiger partial charge in [-0.3, -0.25) is 0 Å². The standard InChI is InChI=1S/C16H25NO/c17-11-13-18-12-10-14-6-8-16(9-7-14)15-4-2-1-3-5-15/h6-9,15H,1-5,10-13,17H2. The molecule has 0 atom stereocenters. The normalized spacial score (nSPS) is 16.9. The van der Waals surface area contributed by atoms with E-state index in [1.807, 2.05) is 0 Å². The summed E-state index contributed by atoms with van der Waals surface area (Å²) in [4.78, 5) is 0. The van der Waals surface area contributed by atoms with Crippen LogP contribution in [-0.2, 0) is 11.2 Å². The summed E-state index contributed by atoms with van der Waals surface area (Å²) >= 11 is 0. The molecule has 1 saturated carbocycles. The van der Waals surface area contributed by atoms with Gasteiger partial charge in [0, 0.05) is 6.54 Å². The molecule has 0 heterocycles. The van der Waals surface area contributed by atoms with Crippen molar-refractivity contribution in [3.63, 3.8) is 0 Å². The summed E-state index contributed by atoms with van der Waals surface area (Å²) in [5.41, 5.74) is 8.28. The van der Waals surface area contributed by atoms with Crippen molar-refractivity contribution >= 4 is 0 Å². The SMILES string of the molecule is NCCOCCc1ccc(C2CCCCC2)cc1. The van der Waals surface area contributed by atoms with Gasteiger partial charge in [-0.2, -0.15) is 0 Å². The summed E-state index contributed by atoms with van der Waals surface area (Å²) in [5.74, 6) is 0.807. The van der Waals surface area contributed by atoms with Gasteiger partial charge in [-0.1, -0.05) is 43.5 Å². The Morgan fingerprint density at radius 2 is 1.72 bits per heavy atom. The Balaban J connectivity index is 1.81. The lowest BCUT2D eigenvalue weighted by Gasteiger charge is -2.22. The molecule has 0 radical (unpaired) electrons. The third-order valence-electron chi connectivity index (χ3n) is 3.85. The van der Waals surface area contributed by atoms with Crippen molar-refractivity contribution < 1.29 is 4.74 Å². The lowest BCUT2D eigenvalue weighted by molar-refractivity contribution is 0.145. The van der Waals surface area contributed by atoms with Gasteiger partial charge in [-0.05, 0) is 36.3 Å². The molecule has 0 aliphatic heterocycles. The van der Waals surface area contributed by atoms with Gasteiger partial charge in [0.15, 0.2) is 0 Å². The molecule has 0 spiro atoms. The first kappa shape index (κ1) is 13.6. The molecule has 1 aromatic rings. The maximum absolute atomic E-state index is 5.41. The van der Waals surface area contributed by atoms with Gasteiger partial charge in [0.25, 0.3) is 0 Å². The molecule has 0 amide bonds. The van der Waals surface area contributed by atoms with Crippen LogP contribution >= 0.6 is 0 Å². The quantitative estimate of drug-likeness (QED) is 0.783. The van der Waals surface area contributed by atoms with Crippen LogP contribution < -0.4 is 5.73 Å². The lowest BCUT2D eigenvalue weighted by Crippen LogP contribution is -2.10. The summed E-state index contributed by atoms with van der Waals surface area (Å²) in [6, 6.07) is 9.15. The molecule has 0 saturated heterocycles. The molecule has 1 fully saturated rings. The summed E-state index contributed by atoms with van der Waals surface area (Å²) in [7, 11) is 0. The highest BCUT2D eigenvalue weighted by molar-refractivity contribution is 5.25. The second-order valence-corrected chi connectivity index (χ2v) is 5.23. The Morgan fingerprint density at radius 3 is 2.39 bits per heavy atom. The van der Waals surface area contributed by atoms with Gasteiger partial charge in [0.1, 0.15) is 0 Å². The highest BCUT2D eigenvalue weighted by Gasteiger charge is 2.14. The molecule has 2 heteroatoms. The van der Waals surface area contributed by atoms with E-state index in [1.165, 1.54) is 43.2 Å². The fraction of sp³-hybridized carbons (Fsp3) is 0.625. The first-order valence-electron chi connectivity index (χ1n) is 7.27. The molecule has 2 nitrogen and oxygen atoms in total. The Morgan fingerprint density at radius 1 is 1.00 bits per heavy atom. The number of benzene rings is 1. The van der Waals surface area contributed by atoms with Crippen molar-refractivity contribution in [1.29, 1.82) is 0 Å². The topological polar surface area (TPSA) is 35.2 Å². The van der Waals surface area contributed by atoms with E-state index in [4.69, 9.17) is 10.5 Å². The molecular weight excluding hydrogens is 222 g/mol. The minimum Gasteiger partial charge on any atom is -0.380 e. The maximum atomic E-state index is 5.41. The maximum Gasteiger partial charge on any atom is 0.0588 e. The van der Waals surface area contributed by atoms with Crippen LogP contribution in [0.2, 0.25) is 0 Å². The van der Waals surface area contributed by atoms with Gasteiger partial charge in [0.05, 0.1) is 13.2 Å². The van der Waals surface area contributed by atoms with Crippen LogP contribution in [0.5, 0.6) is 0 Å². The Hall–Kier alpha value is -0.860. The van der Waals surface area contributed by atoms with Gasteiger partial charge >= 0.3 is 0 Å². The Kier molecular flexibility index (Phi) is 5.69. The van der Waals surface area contributed by atoms with Crippen LogP contribution in [0.1, 0.15) is 49.1 Å².